The maximum atomic E-state index is 12.1. The van der Waals surface area contributed by atoms with Crippen molar-refractivity contribution in [1.29, 1.82) is 0 Å². The molecule has 0 spiro atoms. The number of rotatable bonds is 6. The summed E-state index contributed by atoms with van der Waals surface area (Å²) in [4.78, 5) is 32.0. The molecule has 3 aromatic rings. The lowest BCUT2D eigenvalue weighted by molar-refractivity contribution is 0.0950. The van der Waals surface area contributed by atoms with Gasteiger partial charge in [-0.2, -0.15) is 4.98 Å². The minimum absolute atomic E-state index is 0.00250. The van der Waals surface area contributed by atoms with Gasteiger partial charge in [0.2, 0.25) is 5.89 Å². The van der Waals surface area contributed by atoms with Crippen molar-refractivity contribution in [3.8, 4) is 0 Å². The molecule has 0 aliphatic heterocycles. The summed E-state index contributed by atoms with van der Waals surface area (Å²) in [6, 6.07) is 5.16. The number of hydrogen-bond donors (Lipinski definition) is 3. The number of amides is 3. The first-order valence-electron chi connectivity index (χ1n) is 8.64. The predicted octanol–water partition coefficient (Wildman–Crippen LogP) is 1.68. The van der Waals surface area contributed by atoms with Crippen molar-refractivity contribution in [3.63, 3.8) is 0 Å². The van der Waals surface area contributed by atoms with Crippen molar-refractivity contribution in [2.45, 2.75) is 33.4 Å². The zero-order valence-electron chi connectivity index (χ0n) is 15.4. The van der Waals surface area contributed by atoms with E-state index in [2.05, 4.69) is 49.5 Å². The molecule has 0 aliphatic rings. The Hall–Kier alpha value is -3.43. The molecule has 142 valence electrons. The summed E-state index contributed by atoms with van der Waals surface area (Å²) in [5.74, 6) is 0.602. The Morgan fingerprint density at radius 1 is 1.22 bits per heavy atom. The lowest BCUT2D eigenvalue weighted by atomic mass is 10.2. The zero-order chi connectivity index (χ0) is 19.4. The van der Waals surface area contributed by atoms with E-state index in [-0.39, 0.29) is 18.3 Å². The van der Waals surface area contributed by atoms with Crippen LogP contribution in [0.3, 0.4) is 0 Å². The highest BCUT2D eigenvalue weighted by Gasteiger charge is 2.14. The largest absolute Gasteiger partial charge is 0.352 e. The fraction of sp³-hybridized carbons (Fsp3) is 0.353. The molecule has 0 bridgehead atoms. The van der Waals surface area contributed by atoms with Gasteiger partial charge in [0.05, 0.1) is 17.6 Å². The fourth-order valence-electron chi connectivity index (χ4n) is 2.74. The number of nitrogens with one attached hydrogen (secondary N) is 3. The van der Waals surface area contributed by atoms with Crippen molar-refractivity contribution >= 4 is 28.7 Å². The maximum absolute atomic E-state index is 12.1. The van der Waals surface area contributed by atoms with Gasteiger partial charge in [-0.05, 0) is 25.1 Å². The van der Waals surface area contributed by atoms with Gasteiger partial charge in [0.15, 0.2) is 0 Å². The van der Waals surface area contributed by atoms with Crippen molar-refractivity contribution in [1.82, 2.24) is 30.3 Å². The van der Waals surface area contributed by atoms with E-state index in [1.807, 2.05) is 18.2 Å². The third-order valence-corrected chi connectivity index (χ3v) is 4.02. The Kier molecular flexibility index (Phi) is 5.34. The molecule has 2 aromatic heterocycles. The molecule has 27 heavy (non-hydrogen) atoms. The minimum atomic E-state index is -0.458. The van der Waals surface area contributed by atoms with Crippen LogP contribution in [-0.2, 0) is 19.5 Å². The third kappa shape index (κ3) is 3.89. The maximum Gasteiger partial charge on any atom is 0.319 e. The first-order valence-corrected chi connectivity index (χ1v) is 8.64. The average molecular weight is 371 g/mol. The number of nitrogens with zero attached hydrogens (tertiary/aromatic N) is 4. The quantitative estimate of drug-likeness (QED) is 0.605. The van der Waals surface area contributed by atoms with Gasteiger partial charge in [0, 0.05) is 25.7 Å². The highest BCUT2D eigenvalue weighted by Crippen LogP contribution is 2.21. The summed E-state index contributed by atoms with van der Waals surface area (Å²) in [5.41, 5.74) is 2.49. The Morgan fingerprint density at radius 2 is 2.04 bits per heavy atom. The highest BCUT2D eigenvalue weighted by atomic mass is 16.5. The Morgan fingerprint density at radius 3 is 2.74 bits per heavy atom. The molecule has 0 saturated carbocycles. The first kappa shape index (κ1) is 18.4. The standard InChI is InChI=1S/C17H21N7O3/c1-4-13-21-11-8-10(6-7-12(11)24(13)5-2)20-17(26)19-9-14-22-15(23-27-14)16(25)18-3/h6-8H,4-5,9H2,1-3H3,(H,18,25)(H2,19,20,26). The van der Waals surface area contributed by atoms with Crippen LogP contribution < -0.4 is 16.0 Å². The normalized spacial score (nSPS) is 10.8. The molecule has 10 nitrogen and oxygen atoms in total. The summed E-state index contributed by atoms with van der Waals surface area (Å²) in [6.45, 7) is 4.98. The average Bonchev–Trinajstić information content (AvgIpc) is 3.29. The van der Waals surface area contributed by atoms with Gasteiger partial charge in [0.1, 0.15) is 5.82 Å². The number of anilines is 1. The summed E-state index contributed by atoms with van der Waals surface area (Å²) < 4.78 is 7.06. The number of imidazole rings is 1. The van der Waals surface area contributed by atoms with Crippen LogP contribution in [0.4, 0.5) is 10.5 Å². The number of benzene rings is 1. The first-order chi connectivity index (χ1) is 13.0. The van der Waals surface area contributed by atoms with Crippen molar-refractivity contribution < 1.29 is 14.1 Å². The number of carbonyl (C=O) groups excluding carboxylic acids is 2. The second kappa shape index (κ2) is 7.85. The molecule has 1 aromatic carbocycles. The van der Waals surface area contributed by atoms with E-state index in [9.17, 15) is 9.59 Å². The van der Waals surface area contributed by atoms with E-state index in [1.165, 1.54) is 7.05 Å². The summed E-state index contributed by atoms with van der Waals surface area (Å²) in [5, 5.41) is 11.3. The van der Waals surface area contributed by atoms with Crippen LogP contribution in [0.5, 0.6) is 0 Å². The van der Waals surface area contributed by atoms with Crippen LogP contribution in [0, 0.1) is 0 Å². The number of fused-ring (bicyclic) bond motifs is 1. The number of hydrogen-bond acceptors (Lipinski definition) is 6. The van der Waals surface area contributed by atoms with E-state index in [0.29, 0.717) is 5.69 Å². The molecule has 2 heterocycles. The molecular formula is C17H21N7O3. The molecule has 3 amide bonds. The summed E-state index contributed by atoms with van der Waals surface area (Å²) >= 11 is 0. The molecule has 0 radical (unpaired) electrons. The van der Waals surface area contributed by atoms with Gasteiger partial charge in [-0.3, -0.25) is 4.79 Å². The minimum Gasteiger partial charge on any atom is -0.352 e. The zero-order valence-corrected chi connectivity index (χ0v) is 15.4. The smallest absolute Gasteiger partial charge is 0.319 e. The van der Waals surface area contributed by atoms with E-state index in [4.69, 9.17) is 4.52 Å². The van der Waals surface area contributed by atoms with Crippen molar-refractivity contribution in [2.75, 3.05) is 12.4 Å². The summed E-state index contributed by atoms with van der Waals surface area (Å²) in [6.07, 6.45) is 0.841. The molecule has 10 heteroatoms. The van der Waals surface area contributed by atoms with Gasteiger partial charge < -0.3 is 25.0 Å². The van der Waals surface area contributed by atoms with E-state index < -0.39 is 11.9 Å². The molecule has 0 saturated heterocycles. The number of aryl methyl sites for hydroxylation is 2. The van der Waals surface area contributed by atoms with Crippen molar-refractivity contribution in [2.24, 2.45) is 0 Å². The molecule has 0 unspecified atom stereocenters. The van der Waals surface area contributed by atoms with Crippen LogP contribution >= 0.6 is 0 Å². The van der Waals surface area contributed by atoms with Gasteiger partial charge >= 0.3 is 6.03 Å². The monoisotopic (exact) mass is 371 g/mol. The van der Waals surface area contributed by atoms with Crippen LogP contribution in [-0.4, -0.2) is 38.7 Å². The van der Waals surface area contributed by atoms with Crippen LogP contribution in [0.25, 0.3) is 11.0 Å². The molecule has 0 fully saturated rings. The third-order valence-electron chi connectivity index (χ3n) is 4.02. The van der Waals surface area contributed by atoms with E-state index in [0.717, 1.165) is 29.8 Å². The Bertz CT molecular complexity index is 976. The van der Waals surface area contributed by atoms with Gasteiger partial charge in [-0.1, -0.05) is 12.1 Å². The molecular weight excluding hydrogens is 350 g/mol. The van der Waals surface area contributed by atoms with E-state index >= 15 is 0 Å². The molecule has 0 atom stereocenters. The number of carbonyl (C=O) groups is 2. The highest BCUT2D eigenvalue weighted by molar-refractivity contribution is 5.92. The lowest BCUT2D eigenvalue weighted by Crippen LogP contribution is -2.28. The number of urea groups is 1. The second-order valence-electron chi connectivity index (χ2n) is 5.73. The Labute approximate surface area is 155 Å². The van der Waals surface area contributed by atoms with Crippen LogP contribution in [0.15, 0.2) is 22.7 Å². The van der Waals surface area contributed by atoms with E-state index in [1.54, 1.807) is 0 Å². The molecule has 3 rings (SSSR count). The molecule has 3 N–H and O–H groups in total. The second-order valence-corrected chi connectivity index (χ2v) is 5.73. The van der Waals surface area contributed by atoms with Gasteiger partial charge in [0.25, 0.3) is 11.7 Å². The fourth-order valence-corrected chi connectivity index (χ4v) is 2.74. The predicted molar refractivity (Wildman–Crippen MR) is 98.3 cm³/mol. The van der Waals surface area contributed by atoms with Crippen LogP contribution in [0.2, 0.25) is 0 Å². The van der Waals surface area contributed by atoms with Crippen LogP contribution in [0.1, 0.15) is 36.2 Å². The topological polar surface area (TPSA) is 127 Å². The van der Waals surface area contributed by atoms with Gasteiger partial charge in [-0.15, -0.1) is 0 Å². The number of aromatic nitrogens is 4. The van der Waals surface area contributed by atoms with Gasteiger partial charge in [-0.25, -0.2) is 9.78 Å². The lowest BCUT2D eigenvalue weighted by Gasteiger charge is -2.07. The summed E-state index contributed by atoms with van der Waals surface area (Å²) in [7, 11) is 1.47. The SMILES string of the molecule is CCc1nc2cc(NC(=O)NCc3nc(C(=O)NC)no3)ccc2n1CC. The van der Waals surface area contributed by atoms with Crippen molar-refractivity contribution in [3.05, 3.63) is 35.7 Å². The Balaban J connectivity index is 1.63. The molecule has 0 aliphatic carbocycles.